The molecule has 7 nitrogen and oxygen atoms in total. The van der Waals surface area contributed by atoms with Gasteiger partial charge in [0.25, 0.3) is 0 Å². The number of hydrogen-bond donors (Lipinski definition) is 6. The van der Waals surface area contributed by atoms with Crippen LogP contribution in [0.1, 0.15) is 17.2 Å². The SMILES string of the molecule is Oc1cc(O)c2c(c1)O[C@@H](c1cc(O)c(O)c(O)c1)[C@H](O)C2.[Ac]. The Balaban J connectivity index is 0.00000192. The average Bonchev–Trinajstić information content (AvgIpc) is 2.44. The molecule has 1 radical (unpaired) electrons. The number of hydrogen-bond acceptors (Lipinski definition) is 7. The Morgan fingerprint density at radius 2 is 1.48 bits per heavy atom. The number of aromatic hydroxyl groups is 5. The van der Waals surface area contributed by atoms with E-state index in [9.17, 15) is 30.6 Å². The minimum Gasteiger partial charge on any atom is -0.508 e. The minimum atomic E-state index is -1.05. The monoisotopic (exact) mass is 533 g/mol. The summed E-state index contributed by atoms with van der Waals surface area (Å²) in [5.74, 6) is -1.94. The molecule has 0 amide bonds. The van der Waals surface area contributed by atoms with Crippen LogP contribution in [0, 0.1) is 44.1 Å². The van der Waals surface area contributed by atoms with Gasteiger partial charge in [0.05, 0.1) is 6.10 Å². The van der Waals surface area contributed by atoms with Gasteiger partial charge in [-0.1, -0.05) is 0 Å². The normalized spacial score (nSPS) is 19.3. The fourth-order valence-corrected chi connectivity index (χ4v) is 2.54. The molecule has 0 saturated heterocycles. The molecule has 2 atom stereocenters. The number of fused-ring (bicyclic) bond motifs is 1. The molecule has 0 aromatic heterocycles. The summed E-state index contributed by atoms with van der Waals surface area (Å²) in [7, 11) is 0. The summed E-state index contributed by atoms with van der Waals surface area (Å²) < 4.78 is 5.57. The second-order valence-electron chi connectivity index (χ2n) is 5.16. The molecule has 0 fully saturated rings. The smallest absolute Gasteiger partial charge is 0.200 e. The number of benzene rings is 2. The van der Waals surface area contributed by atoms with Crippen molar-refractivity contribution in [1.82, 2.24) is 0 Å². The molecule has 2 aromatic rings. The standard InChI is InChI=1S/C15H14O7.Ac/c16-7-3-9(17)8-5-12(20)15(22-13(8)4-7)6-1-10(18)14(21)11(19)2-6;/h1-4,12,15-21H,5H2;/t12-,15+;/m1./s1. The van der Waals surface area contributed by atoms with E-state index in [1.54, 1.807) is 0 Å². The van der Waals surface area contributed by atoms with Gasteiger partial charge < -0.3 is 35.4 Å². The van der Waals surface area contributed by atoms with Gasteiger partial charge in [0, 0.05) is 73.7 Å². The maximum Gasteiger partial charge on any atom is 0.200 e. The predicted octanol–water partition coefficient (Wildman–Crippen LogP) is 1.25. The number of phenolic OH excluding ortho intramolecular Hbond substituents is 5. The van der Waals surface area contributed by atoms with Crippen molar-refractivity contribution in [3.8, 4) is 34.5 Å². The Morgan fingerprint density at radius 3 is 2.09 bits per heavy atom. The second kappa shape index (κ2) is 6.64. The van der Waals surface area contributed by atoms with Gasteiger partial charge >= 0.3 is 0 Å². The number of aliphatic hydroxyl groups excluding tert-OH is 1. The van der Waals surface area contributed by atoms with Crippen LogP contribution >= 0.6 is 0 Å². The summed E-state index contributed by atoms with van der Waals surface area (Å²) in [6.07, 6.45) is -1.92. The molecule has 0 unspecified atom stereocenters. The number of ether oxygens (including phenoxy) is 1. The molecule has 1 aliphatic heterocycles. The second-order valence-corrected chi connectivity index (χ2v) is 5.16. The minimum absolute atomic E-state index is 0. The van der Waals surface area contributed by atoms with Crippen molar-refractivity contribution in [1.29, 1.82) is 0 Å². The van der Waals surface area contributed by atoms with Gasteiger partial charge in [0.1, 0.15) is 17.2 Å². The maximum absolute atomic E-state index is 10.2. The van der Waals surface area contributed by atoms with Crippen LogP contribution in [0.2, 0.25) is 0 Å². The first-order valence-corrected chi connectivity index (χ1v) is 6.51. The first-order chi connectivity index (χ1) is 10.4. The van der Waals surface area contributed by atoms with Crippen molar-refractivity contribution in [2.75, 3.05) is 0 Å². The Kier molecular flexibility index (Phi) is 5.19. The quantitative estimate of drug-likeness (QED) is 0.305. The molecule has 119 valence electrons. The van der Waals surface area contributed by atoms with Crippen molar-refractivity contribution in [3.63, 3.8) is 0 Å². The molecule has 0 saturated carbocycles. The van der Waals surface area contributed by atoms with Crippen LogP contribution in [0.5, 0.6) is 34.5 Å². The predicted molar refractivity (Wildman–Crippen MR) is 74.3 cm³/mol. The van der Waals surface area contributed by atoms with E-state index in [0.717, 1.165) is 18.2 Å². The first-order valence-electron chi connectivity index (χ1n) is 6.51. The van der Waals surface area contributed by atoms with E-state index >= 15 is 0 Å². The summed E-state index contributed by atoms with van der Waals surface area (Å²) in [6.45, 7) is 0. The maximum atomic E-state index is 10.2. The zero-order valence-corrected chi connectivity index (χ0v) is 16.6. The molecule has 6 N–H and O–H groups in total. The summed E-state index contributed by atoms with van der Waals surface area (Å²) in [5, 5.41) is 57.9. The van der Waals surface area contributed by atoms with Gasteiger partial charge in [-0.05, 0) is 12.1 Å². The Hall–Kier alpha value is -1.36. The zero-order chi connectivity index (χ0) is 16.0. The third-order valence-corrected chi connectivity index (χ3v) is 3.61. The number of aliphatic hydroxyl groups is 1. The van der Waals surface area contributed by atoms with Crippen molar-refractivity contribution in [3.05, 3.63) is 35.4 Å². The molecular weight excluding hydrogens is 519 g/mol. The van der Waals surface area contributed by atoms with Crippen LogP contribution < -0.4 is 4.74 Å². The van der Waals surface area contributed by atoms with E-state index < -0.39 is 29.5 Å². The molecule has 23 heavy (non-hydrogen) atoms. The van der Waals surface area contributed by atoms with E-state index in [-0.39, 0.29) is 73.3 Å². The van der Waals surface area contributed by atoms with Gasteiger partial charge in [0.2, 0.25) is 0 Å². The molecule has 0 bridgehead atoms. The Bertz CT molecular complexity index is 724. The molecule has 8 heteroatoms. The van der Waals surface area contributed by atoms with E-state index in [0.29, 0.717) is 5.56 Å². The first kappa shape index (κ1) is 18.0. The zero-order valence-electron chi connectivity index (χ0n) is 11.8. The molecular formula is C15H14AcO7. The van der Waals surface area contributed by atoms with Crippen LogP contribution in [0.3, 0.4) is 0 Å². The van der Waals surface area contributed by atoms with E-state index in [2.05, 4.69) is 0 Å². The summed E-state index contributed by atoms with van der Waals surface area (Å²) in [5.41, 5.74) is 0.600. The van der Waals surface area contributed by atoms with Crippen LogP contribution in [0.25, 0.3) is 0 Å². The van der Waals surface area contributed by atoms with Gasteiger partial charge in [-0.2, -0.15) is 0 Å². The molecule has 1 aliphatic rings. The fraction of sp³-hybridized carbons (Fsp3) is 0.200. The van der Waals surface area contributed by atoms with Gasteiger partial charge in [-0.3, -0.25) is 0 Å². The van der Waals surface area contributed by atoms with E-state index in [4.69, 9.17) is 4.74 Å². The van der Waals surface area contributed by atoms with Crippen molar-refractivity contribution >= 4 is 0 Å². The van der Waals surface area contributed by atoms with Crippen molar-refractivity contribution < 1.29 is 79.4 Å². The third kappa shape index (κ3) is 3.30. The summed E-state index contributed by atoms with van der Waals surface area (Å²) in [4.78, 5) is 0. The largest absolute Gasteiger partial charge is 0.508 e. The Morgan fingerprint density at radius 1 is 0.870 bits per heavy atom. The summed E-state index contributed by atoms with van der Waals surface area (Å²) in [6, 6.07) is 4.77. The van der Waals surface area contributed by atoms with E-state index in [1.807, 2.05) is 0 Å². The van der Waals surface area contributed by atoms with Crippen LogP contribution in [0.4, 0.5) is 0 Å². The van der Waals surface area contributed by atoms with Crippen molar-refractivity contribution in [2.24, 2.45) is 0 Å². The molecule has 0 aliphatic carbocycles. The molecule has 1 heterocycles. The number of rotatable bonds is 1. The van der Waals surface area contributed by atoms with Crippen LogP contribution in [-0.2, 0) is 6.42 Å². The topological polar surface area (TPSA) is 131 Å². The fourth-order valence-electron chi connectivity index (χ4n) is 2.54. The van der Waals surface area contributed by atoms with Crippen LogP contribution in [0.15, 0.2) is 24.3 Å². The molecule has 3 rings (SSSR count). The van der Waals surface area contributed by atoms with Gasteiger partial charge in [-0.25, -0.2) is 0 Å². The number of phenols is 5. The summed E-state index contributed by atoms with van der Waals surface area (Å²) >= 11 is 0. The molecule has 2 aromatic carbocycles. The molecule has 0 spiro atoms. The van der Waals surface area contributed by atoms with Gasteiger partial charge in [-0.15, -0.1) is 0 Å². The Labute approximate surface area is 167 Å². The van der Waals surface area contributed by atoms with Crippen molar-refractivity contribution in [2.45, 2.75) is 18.6 Å². The van der Waals surface area contributed by atoms with Gasteiger partial charge in [0.15, 0.2) is 23.4 Å². The third-order valence-electron chi connectivity index (χ3n) is 3.61. The van der Waals surface area contributed by atoms with E-state index in [1.165, 1.54) is 6.07 Å². The average molecular weight is 533 g/mol. The van der Waals surface area contributed by atoms with Crippen LogP contribution in [-0.4, -0.2) is 36.7 Å².